The van der Waals surface area contributed by atoms with Crippen molar-refractivity contribution in [3.05, 3.63) is 24.0 Å². The molecule has 1 unspecified atom stereocenters. The largest absolute Gasteiger partial charge is 0.497 e. The molecule has 0 bridgehead atoms. The average molecular weight is 254 g/mol. The molecule has 1 aromatic carbocycles. The highest BCUT2D eigenvalue weighted by Crippen LogP contribution is 2.24. The van der Waals surface area contributed by atoms with Crippen LogP contribution < -0.4 is 4.74 Å². The quantitative estimate of drug-likeness (QED) is 0.904. The van der Waals surface area contributed by atoms with Gasteiger partial charge in [0.15, 0.2) is 9.84 Å². The van der Waals surface area contributed by atoms with E-state index in [0.29, 0.717) is 11.6 Å². The number of aromatic nitrogens is 2. The van der Waals surface area contributed by atoms with E-state index < -0.39 is 15.1 Å². The van der Waals surface area contributed by atoms with E-state index in [-0.39, 0.29) is 0 Å². The van der Waals surface area contributed by atoms with Gasteiger partial charge in [-0.1, -0.05) is 0 Å². The van der Waals surface area contributed by atoms with E-state index in [2.05, 4.69) is 9.97 Å². The van der Waals surface area contributed by atoms with Crippen LogP contribution in [0, 0.1) is 0 Å². The summed E-state index contributed by atoms with van der Waals surface area (Å²) in [5.74, 6) is 1.16. The summed E-state index contributed by atoms with van der Waals surface area (Å²) in [6, 6.07) is 5.38. The van der Waals surface area contributed by atoms with Gasteiger partial charge < -0.3 is 9.72 Å². The Kier molecular flexibility index (Phi) is 2.82. The number of fused-ring (bicyclic) bond motifs is 1. The molecule has 0 aliphatic rings. The second-order valence-corrected chi connectivity index (χ2v) is 6.34. The van der Waals surface area contributed by atoms with Crippen LogP contribution in [0.4, 0.5) is 0 Å². The maximum Gasteiger partial charge on any atom is 0.157 e. The van der Waals surface area contributed by atoms with Gasteiger partial charge in [0.2, 0.25) is 0 Å². The summed E-state index contributed by atoms with van der Waals surface area (Å²) in [4.78, 5) is 7.27. The van der Waals surface area contributed by atoms with E-state index in [1.165, 1.54) is 6.26 Å². The summed E-state index contributed by atoms with van der Waals surface area (Å²) in [5.41, 5.74) is 1.51. The average Bonchev–Trinajstić information content (AvgIpc) is 2.68. The van der Waals surface area contributed by atoms with E-state index in [4.69, 9.17) is 4.74 Å². The maximum atomic E-state index is 11.4. The Morgan fingerprint density at radius 3 is 2.71 bits per heavy atom. The number of hydrogen-bond donors (Lipinski definition) is 1. The molecular weight excluding hydrogens is 240 g/mol. The van der Waals surface area contributed by atoms with Gasteiger partial charge in [-0.3, -0.25) is 0 Å². The van der Waals surface area contributed by atoms with Crippen molar-refractivity contribution < 1.29 is 13.2 Å². The number of H-pyrrole nitrogens is 1. The number of methoxy groups -OCH3 is 1. The molecule has 92 valence electrons. The van der Waals surface area contributed by atoms with Crippen LogP contribution in [0.2, 0.25) is 0 Å². The number of rotatable bonds is 3. The van der Waals surface area contributed by atoms with Crippen molar-refractivity contribution in [2.24, 2.45) is 0 Å². The third kappa shape index (κ3) is 2.26. The molecule has 0 aliphatic heterocycles. The maximum absolute atomic E-state index is 11.4. The summed E-state index contributed by atoms with van der Waals surface area (Å²) in [6.45, 7) is 1.62. The Labute approximate surface area is 99.7 Å². The van der Waals surface area contributed by atoms with E-state index in [9.17, 15) is 8.42 Å². The number of hydrogen-bond acceptors (Lipinski definition) is 4. The Hall–Kier alpha value is -1.56. The van der Waals surface area contributed by atoms with Gasteiger partial charge in [-0.25, -0.2) is 13.4 Å². The van der Waals surface area contributed by atoms with Crippen LogP contribution >= 0.6 is 0 Å². The number of nitrogens with one attached hydrogen (secondary N) is 1. The summed E-state index contributed by atoms with van der Waals surface area (Å²) < 4.78 is 28.0. The zero-order valence-corrected chi connectivity index (χ0v) is 10.7. The van der Waals surface area contributed by atoms with Crippen LogP contribution in [0.3, 0.4) is 0 Å². The van der Waals surface area contributed by atoms with Gasteiger partial charge in [-0.2, -0.15) is 0 Å². The molecule has 17 heavy (non-hydrogen) atoms. The van der Waals surface area contributed by atoms with E-state index >= 15 is 0 Å². The van der Waals surface area contributed by atoms with Crippen LogP contribution in [-0.2, 0) is 9.84 Å². The lowest BCUT2D eigenvalue weighted by molar-refractivity contribution is 0.415. The van der Waals surface area contributed by atoms with Gasteiger partial charge in [0.25, 0.3) is 0 Å². The van der Waals surface area contributed by atoms with E-state index in [1.807, 2.05) is 0 Å². The van der Waals surface area contributed by atoms with Crippen LogP contribution in [0.15, 0.2) is 18.2 Å². The monoisotopic (exact) mass is 254 g/mol. The Morgan fingerprint density at radius 1 is 1.41 bits per heavy atom. The molecule has 2 aromatic rings. The van der Waals surface area contributed by atoms with Gasteiger partial charge in [0.05, 0.1) is 18.1 Å². The highest BCUT2D eigenvalue weighted by molar-refractivity contribution is 7.90. The molecule has 1 N–H and O–H groups in total. The molecular formula is C11H14N2O3S. The van der Waals surface area contributed by atoms with Crippen LogP contribution in [0.25, 0.3) is 11.0 Å². The Bertz CT molecular complexity index is 646. The molecule has 0 fully saturated rings. The SMILES string of the molecule is COc1ccc2nc(C(C)S(C)(=O)=O)[nH]c2c1. The van der Waals surface area contributed by atoms with Gasteiger partial charge in [-0.15, -0.1) is 0 Å². The van der Waals surface area contributed by atoms with E-state index in [0.717, 1.165) is 11.0 Å². The molecule has 0 aliphatic carbocycles. The first-order valence-electron chi connectivity index (χ1n) is 5.14. The number of aromatic amines is 1. The molecule has 2 rings (SSSR count). The van der Waals surface area contributed by atoms with Crippen LogP contribution in [0.1, 0.15) is 18.0 Å². The summed E-state index contributed by atoms with van der Waals surface area (Å²) in [6.07, 6.45) is 1.20. The second-order valence-electron chi connectivity index (χ2n) is 3.98. The van der Waals surface area contributed by atoms with Crippen molar-refractivity contribution >= 4 is 20.9 Å². The highest BCUT2D eigenvalue weighted by atomic mass is 32.2. The number of imidazole rings is 1. The summed E-state index contributed by atoms with van der Waals surface area (Å²) in [7, 11) is -1.56. The number of nitrogens with zero attached hydrogens (tertiary/aromatic N) is 1. The Balaban J connectivity index is 2.51. The summed E-state index contributed by atoms with van der Waals surface area (Å²) >= 11 is 0. The lowest BCUT2D eigenvalue weighted by atomic mass is 10.3. The zero-order valence-electron chi connectivity index (χ0n) is 9.89. The van der Waals surface area contributed by atoms with Gasteiger partial charge in [0.1, 0.15) is 16.8 Å². The first kappa shape index (κ1) is 11.9. The van der Waals surface area contributed by atoms with Crippen molar-refractivity contribution in [1.29, 1.82) is 0 Å². The van der Waals surface area contributed by atoms with Crippen molar-refractivity contribution in [2.75, 3.05) is 13.4 Å². The highest BCUT2D eigenvalue weighted by Gasteiger charge is 2.20. The molecule has 5 nitrogen and oxygen atoms in total. The lowest BCUT2D eigenvalue weighted by Crippen LogP contribution is -2.09. The normalized spacial score (nSPS) is 13.8. The predicted molar refractivity (Wildman–Crippen MR) is 65.9 cm³/mol. The molecule has 0 amide bonds. The number of benzene rings is 1. The van der Waals surface area contributed by atoms with Crippen molar-refractivity contribution in [2.45, 2.75) is 12.2 Å². The molecule has 1 aromatic heterocycles. The predicted octanol–water partition coefficient (Wildman–Crippen LogP) is 1.68. The van der Waals surface area contributed by atoms with Gasteiger partial charge >= 0.3 is 0 Å². The van der Waals surface area contributed by atoms with Gasteiger partial charge in [0, 0.05) is 12.3 Å². The summed E-state index contributed by atoms with van der Waals surface area (Å²) in [5, 5.41) is -0.638. The minimum atomic E-state index is -3.14. The first-order chi connectivity index (χ1) is 7.91. The molecule has 1 atom stereocenters. The van der Waals surface area contributed by atoms with Crippen molar-refractivity contribution in [3.8, 4) is 5.75 Å². The Morgan fingerprint density at radius 2 is 2.12 bits per heavy atom. The molecule has 1 heterocycles. The second kappa shape index (κ2) is 4.03. The first-order valence-corrected chi connectivity index (χ1v) is 7.10. The number of ether oxygens (including phenoxy) is 1. The number of sulfone groups is 1. The molecule has 0 spiro atoms. The van der Waals surface area contributed by atoms with Gasteiger partial charge in [-0.05, 0) is 19.1 Å². The fourth-order valence-electron chi connectivity index (χ4n) is 1.53. The van der Waals surface area contributed by atoms with Crippen molar-refractivity contribution in [1.82, 2.24) is 9.97 Å². The molecule has 6 heteroatoms. The molecule has 0 radical (unpaired) electrons. The minimum absolute atomic E-state index is 0.454. The van der Waals surface area contributed by atoms with Crippen molar-refractivity contribution in [3.63, 3.8) is 0 Å². The van der Waals surface area contributed by atoms with Crippen LogP contribution in [0.5, 0.6) is 5.75 Å². The minimum Gasteiger partial charge on any atom is -0.497 e. The third-order valence-corrected chi connectivity index (χ3v) is 4.24. The fourth-order valence-corrected chi connectivity index (χ4v) is 2.05. The third-order valence-electron chi connectivity index (χ3n) is 2.73. The van der Waals surface area contributed by atoms with E-state index in [1.54, 1.807) is 32.2 Å². The zero-order chi connectivity index (χ0) is 12.6. The smallest absolute Gasteiger partial charge is 0.157 e. The molecule has 0 saturated heterocycles. The lowest BCUT2D eigenvalue weighted by Gasteiger charge is -2.04. The fraction of sp³-hybridized carbons (Fsp3) is 0.364. The topological polar surface area (TPSA) is 72.0 Å². The molecule has 0 saturated carbocycles. The standard InChI is InChI=1S/C11H14N2O3S/c1-7(17(3,14)15)11-12-9-5-4-8(16-2)6-10(9)13-11/h4-7H,1-3H3,(H,12,13). The van der Waals surface area contributed by atoms with Crippen LogP contribution in [-0.4, -0.2) is 31.8 Å².